The van der Waals surface area contributed by atoms with Gasteiger partial charge in [0.25, 0.3) is 0 Å². The highest BCUT2D eigenvalue weighted by Gasteiger charge is 2.17. The van der Waals surface area contributed by atoms with Crippen molar-refractivity contribution >= 4 is 11.7 Å². The summed E-state index contributed by atoms with van der Waals surface area (Å²) in [7, 11) is 0. The molecule has 0 N–H and O–H groups in total. The molecule has 2 rings (SSSR count). The molecule has 1 aromatic carbocycles. The monoisotopic (exact) mass is 298 g/mol. The van der Waals surface area contributed by atoms with Crippen LogP contribution in [0, 0.1) is 0 Å². The van der Waals surface area contributed by atoms with E-state index in [9.17, 15) is 4.79 Å². The van der Waals surface area contributed by atoms with Gasteiger partial charge in [-0.15, -0.1) is 0 Å². The molecule has 0 aliphatic heterocycles. The highest BCUT2D eigenvalue weighted by molar-refractivity contribution is 5.96. The molecule has 0 saturated carbocycles. The van der Waals surface area contributed by atoms with E-state index < -0.39 is 0 Å². The molecule has 4 heteroatoms. The van der Waals surface area contributed by atoms with Crippen molar-refractivity contribution in [3.05, 3.63) is 60.9 Å². The first-order chi connectivity index (χ1) is 10.7. The third-order valence-corrected chi connectivity index (χ3v) is 3.54. The van der Waals surface area contributed by atoms with Gasteiger partial charge in [0.1, 0.15) is 6.61 Å². The van der Waals surface area contributed by atoms with Gasteiger partial charge in [0, 0.05) is 31.2 Å². The van der Waals surface area contributed by atoms with Crippen molar-refractivity contribution in [3.8, 4) is 5.69 Å². The van der Waals surface area contributed by atoms with Crippen LogP contribution in [0.4, 0.5) is 5.69 Å². The van der Waals surface area contributed by atoms with Gasteiger partial charge in [0.15, 0.2) is 0 Å². The van der Waals surface area contributed by atoms with Gasteiger partial charge in [-0.3, -0.25) is 0 Å². The summed E-state index contributed by atoms with van der Waals surface area (Å²) < 4.78 is 7.21. The van der Waals surface area contributed by atoms with Gasteiger partial charge in [0.2, 0.25) is 0 Å². The lowest BCUT2D eigenvalue weighted by molar-refractivity contribution is 0.0550. The molecular weight excluding hydrogens is 276 g/mol. The number of benzene rings is 1. The number of hydrogen-bond acceptors (Lipinski definition) is 3. The Morgan fingerprint density at radius 3 is 2.55 bits per heavy atom. The second kappa shape index (κ2) is 7.50. The fourth-order valence-electron chi connectivity index (χ4n) is 2.41. The molecule has 0 saturated heterocycles. The van der Waals surface area contributed by atoms with Crippen molar-refractivity contribution in [3.63, 3.8) is 0 Å². The summed E-state index contributed by atoms with van der Waals surface area (Å²) in [6, 6.07) is 9.77. The molecule has 1 heterocycles. The summed E-state index contributed by atoms with van der Waals surface area (Å²) in [5.74, 6) is -0.323. The molecule has 0 unspecified atom stereocenters. The molecule has 0 radical (unpaired) electrons. The van der Waals surface area contributed by atoms with Gasteiger partial charge in [-0.2, -0.15) is 0 Å². The van der Waals surface area contributed by atoms with E-state index in [4.69, 9.17) is 4.74 Å². The maximum Gasteiger partial charge on any atom is 0.340 e. The van der Waals surface area contributed by atoms with Crippen molar-refractivity contribution in [2.75, 3.05) is 24.6 Å². The lowest BCUT2D eigenvalue weighted by Crippen LogP contribution is -2.24. The number of anilines is 1. The van der Waals surface area contributed by atoms with E-state index in [1.54, 1.807) is 6.08 Å². The van der Waals surface area contributed by atoms with Crippen molar-refractivity contribution in [1.82, 2.24) is 4.57 Å². The number of hydrogen-bond donors (Lipinski definition) is 0. The zero-order valence-corrected chi connectivity index (χ0v) is 13.2. The SMILES string of the molecule is C=CCOC(=O)c1cc(-n2cccc2)ccc1N(CC)CC. The molecule has 0 atom stereocenters. The Hall–Kier alpha value is -2.49. The Bertz CT molecular complexity index is 629. The third-order valence-electron chi connectivity index (χ3n) is 3.54. The zero-order chi connectivity index (χ0) is 15.9. The van der Waals surface area contributed by atoms with Crippen LogP contribution in [-0.4, -0.2) is 30.2 Å². The highest BCUT2D eigenvalue weighted by atomic mass is 16.5. The van der Waals surface area contributed by atoms with E-state index in [1.807, 2.05) is 47.3 Å². The van der Waals surface area contributed by atoms with Crippen molar-refractivity contribution in [2.24, 2.45) is 0 Å². The Kier molecular flexibility index (Phi) is 5.42. The first kappa shape index (κ1) is 15.9. The molecule has 1 aromatic heterocycles. The largest absolute Gasteiger partial charge is 0.458 e. The second-order valence-electron chi connectivity index (χ2n) is 4.85. The average Bonchev–Trinajstić information content (AvgIpc) is 3.08. The van der Waals surface area contributed by atoms with Crippen LogP contribution < -0.4 is 4.90 Å². The van der Waals surface area contributed by atoms with Gasteiger partial charge >= 0.3 is 5.97 Å². The first-order valence-electron chi connectivity index (χ1n) is 7.51. The quantitative estimate of drug-likeness (QED) is 0.578. The smallest absolute Gasteiger partial charge is 0.340 e. The zero-order valence-electron chi connectivity index (χ0n) is 13.2. The predicted octanol–water partition coefficient (Wildman–Crippen LogP) is 3.67. The summed E-state index contributed by atoms with van der Waals surface area (Å²) in [5.41, 5.74) is 2.41. The van der Waals surface area contributed by atoms with Crippen molar-refractivity contribution < 1.29 is 9.53 Å². The average molecular weight is 298 g/mol. The van der Waals surface area contributed by atoms with E-state index >= 15 is 0 Å². The summed E-state index contributed by atoms with van der Waals surface area (Å²) in [4.78, 5) is 14.5. The van der Waals surface area contributed by atoms with E-state index in [0.717, 1.165) is 24.5 Å². The fourth-order valence-corrected chi connectivity index (χ4v) is 2.41. The van der Waals surface area contributed by atoms with Crippen LogP contribution in [0.3, 0.4) is 0 Å². The van der Waals surface area contributed by atoms with Gasteiger partial charge in [-0.25, -0.2) is 4.79 Å². The first-order valence-corrected chi connectivity index (χ1v) is 7.51. The normalized spacial score (nSPS) is 10.3. The summed E-state index contributed by atoms with van der Waals surface area (Å²) in [5, 5.41) is 0. The standard InChI is InChI=1S/C18H22N2O2/c1-4-13-22-18(21)16-14-15(20-11-7-8-12-20)9-10-17(16)19(5-2)6-3/h4,7-12,14H,1,5-6,13H2,2-3H3. The molecule has 0 fully saturated rings. The minimum absolute atomic E-state index is 0.213. The van der Waals surface area contributed by atoms with E-state index in [0.29, 0.717) is 5.56 Å². The number of esters is 1. The van der Waals surface area contributed by atoms with Crippen LogP contribution in [0.2, 0.25) is 0 Å². The Morgan fingerprint density at radius 1 is 1.27 bits per heavy atom. The summed E-state index contributed by atoms with van der Waals surface area (Å²) in [6.07, 6.45) is 5.47. The number of carbonyl (C=O) groups excluding carboxylic acids is 1. The number of aromatic nitrogens is 1. The Balaban J connectivity index is 2.45. The van der Waals surface area contributed by atoms with Crippen LogP contribution in [0.15, 0.2) is 55.4 Å². The van der Waals surface area contributed by atoms with E-state index in [2.05, 4.69) is 25.3 Å². The summed E-state index contributed by atoms with van der Waals surface area (Å²) >= 11 is 0. The lowest BCUT2D eigenvalue weighted by Gasteiger charge is -2.24. The minimum Gasteiger partial charge on any atom is -0.458 e. The number of carbonyl (C=O) groups is 1. The van der Waals surface area contributed by atoms with Crippen LogP contribution in [-0.2, 0) is 4.74 Å². The fraction of sp³-hybridized carbons (Fsp3) is 0.278. The van der Waals surface area contributed by atoms with Gasteiger partial charge < -0.3 is 14.2 Å². The highest BCUT2D eigenvalue weighted by Crippen LogP contribution is 2.25. The number of nitrogens with zero attached hydrogens (tertiary/aromatic N) is 2. The maximum atomic E-state index is 12.4. The lowest BCUT2D eigenvalue weighted by atomic mass is 10.1. The van der Waals surface area contributed by atoms with Crippen LogP contribution in [0.25, 0.3) is 5.69 Å². The molecular formula is C18H22N2O2. The maximum absolute atomic E-state index is 12.4. The molecule has 0 aliphatic carbocycles. The predicted molar refractivity (Wildman–Crippen MR) is 89.8 cm³/mol. The second-order valence-corrected chi connectivity index (χ2v) is 4.85. The van der Waals surface area contributed by atoms with Crippen LogP contribution in [0.5, 0.6) is 0 Å². The third kappa shape index (κ3) is 3.39. The minimum atomic E-state index is -0.323. The van der Waals surface area contributed by atoms with Gasteiger partial charge in [-0.1, -0.05) is 12.7 Å². The van der Waals surface area contributed by atoms with Crippen LogP contribution >= 0.6 is 0 Å². The molecule has 0 amide bonds. The topological polar surface area (TPSA) is 34.5 Å². The molecule has 0 bridgehead atoms. The molecule has 4 nitrogen and oxygen atoms in total. The molecule has 0 spiro atoms. The van der Waals surface area contributed by atoms with E-state index in [1.165, 1.54) is 0 Å². The van der Waals surface area contributed by atoms with Gasteiger partial charge in [0.05, 0.1) is 11.3 Å². The van der Waals surface area contributed by atoms with Crippen LogP contribution in [0.1, 0.15) is 24.2 Å². The Morgan fingerprint density at radius 2 is 1.95 bits per heavy atom. The molecule has 22 heavy (non-hydrogen) atoms. The summed E-state index contributed by atoms with van der Waals surface area (Å²) in [6.45, 7) is 9.61. The van der Waals surface area contributed by atoms with E-state index in [-0.39, 0.29) is 12.6 Å². The number of ether oxygens (including phenoxy) is 1. The van der Waals surface area contributed by atoms with Gasteiger partial charge in [-0.05, 0) is 44.2 Å². The Labute approximate surface area is 131 Å². The number of rotatable bonds is 7. The molecule has 116 valence electrons. The van der Waals surface area contributed by atoms with Crippen molar-refractivity contribution in [2.45, 2.75) is 13.8 Å². The molecule has 2 aromatic rings. The molecule has 0 aliphatic rings. The van der Waals surface area contributed by atoms with Crippen molar-refractivity contribution in [1.29, 1.82) is 0 Å².